The molecule has 0 aliphatic carbocycles. The number of nitrogens with zero attached hydrogens (tertiary/aromatic N) is 2. The lowest BCUT2D eigenvalue weighted by atomic mass is 10.3. The molecule has 17 heavy (non-hydrogen) atoms. The molecule has 1 saturated heterocycles. The van der Waals surface area contributed by atoms with Crippen LogP contribution in [0.1, 0.15) is 12.8 Å². The Morgan fingerprint density at radius 3 is 3.18 bits per heavy atom. The fourth-order valence-corrected chi connectivity index (χ4v) is 3.07. The first-order chi connectivity index (χ1) is 8.36. The molecule has 2 heterocycles. The van der Waals surface area contributed by atoms with Crippen LogP contribution in [-0.4, -0.2) is 28.7 Å². The zero-order chi connectivity index (χ0) is 11.7. The molecule has 0 bridgehead atoms. The van der Waals surface area contributed by atoms with Gasteiger partial charge in [0.05, 0.1) is 5.03 Å². The Morgan fingerprint density at radius 2 is 2.35 bits per heavy atom. The molecule has 0 spiro atoms. The zero-order valence-electron chi connectivity index (χ0n) is 9.72. The predicted molar refractivity (Wildman–Crippen MR) is 71.7 cm³/mol. The van der Waals surface area contributed by atoms with Crippen molar-refractivity contribution in [3.8, 4) is 0 Å². The van der Waals surface area contributed by atoms with E-state index in [1.807, 2.05) is 42.1 Å². The van der Waals surface area contributed by atoms with Crippen molar-refractivity contribution in [3.05, 3.63) is 35.2 Å². The van der Waals surface area contributed by atoms with Crippen molar-refractivity contribution < 1.29 is 4.42 Å². The van der Waals surface area contributed by atoms with Crippen LogP contribution >= 0.6 is 11.8 Å². The van der Waals surface area contributed by atoms with Gasteiger partial charge in [0.25, 0.3) is 0 Å². The second-order valence-electron chi connectivity index (χ2n) is 3.93. The molecule has 0 atom stereocenters. The fraction of sp³-hybridized carbons (Fsp3) is 0.308. The van der Waals surface area contributed by atoms with E-state index in [2.05, 4.69) is 16.8 Å². The van der Waals surface area contributed by atoms with E-state index in [4.69, 9.17) is 4.42 Å². The van der Waals surface area contributed by atoms with Gasteiger partial charge in [-0.3, -0.25) is 0 Å². The topological polar surface area (TPSA) is 29.3 Å². The lowest BCUT2D eigenvalue weighted by Crippen LogP contribution is -2.16. The standard InChI is InChI=1S/C13H14N2OS/c1-2-15-7-8-17-13(15)9-12-14-10-5-3-4-6-11(10)16-12/h3-6,9H,2,7-8H2,1H3/b13-9-. The molecule has 0 saturated carbocycles. The molecule has 4 heteroatoms. The monoisotopic (exact) mass is 246 g/mol. The number of hydrogen-bond donors (Lipinski definition) is 0. The highest BCUT2D eigenvalue weighted by Crippen LogP contribution is 2.29. The number of benzene rings is 1. The third kappa shape index (κ3) is 2.05. The lowest BCUT2D eigenvalue weighted by molar-refractivity contribution is 0.427. The van der Waals surface area contributed by atoms with Crippen molar-refractivity contribution in [2.24, 2.45) is 0 Å². The number of para-hydroxylation sites is 2. The number of thioether (sulfide) groups is 1. The fourth-order valence-electron chi connectivity index (χ4n) is 1.97. The first-order valence-electron chi connectivity index (χ1n) is 5.82. The summed E-state index contributed by atoms with van der Waals surface area (Å²) < 4.78 is 5.70. The highest BCUT2D eigenvalue weighted by molar-refractivity contribution is 8.03. The van der Waals surface area contributed by atoms with Gasteiger partial charge in [0.15, 0.2) is 5.58 Å². The summed E-state index contributed by atoms with van der Waals surface area (Å²) >= 11 is 1.87. The maximum atomic E-state index is 5.70. The molecule has 88 valence electrons. The summed E-state index contributed by atoms with van der Waals surface area (Å²) in [6.07, 6.45) is 2.04. The average molecular weight is 246 g/mol. The maximum Gasteiger partial charge on any atom is 0.222 e. The highest BCUT2D eigenvalue weighted by Gasteiger charge is 2.16. The average Bonchev–Trinajstić information content (AvgIpc) is 2.94. The molecule has 0 unspecified atom stereocenters. The van der Waals surface area contributed by atoms with Gasteiger partial charge in [-0.15, -0.1) is 11.8 Å². The van der Waals surface area contributed by atoms with E-state index >= 15 is 0 Å². The number of hydrogen-bond acceptors (Lipinski definition) is 4. The number of oxazole rings is 1. The van der Waals surface area contributed by atoms with Crippen molar-refractivity contribution in [3.63, 3.8) is 0 Å². The third-order valence-electron chi connectivity index (χ3n) is 2.86. The molecule has 0 N–H and O–H groups in total. The Balaban J connectivity index is 1.96. The SMILES string of the molecule is CCN1CCS/C1=C\c1nc2ccccc2o1. The van der Waals surface area contributed by atoms with E-state index < -0.39 is 0 Å². The van der Waals surface area contributed by atoms with Gasteiger partial charge in [-0.05, 0) is 19.1 Å². The lowest BCUT2D eigenvalue weighted by Gasteiger charge is -2.14. The van der Waals surface area contributed by atoms with Gasteiger partial charge in [-0.1, -0.05) is 12.1 Å². The third-order valence-corrected chi connectivity index (χ3v) is 3.92. The van der Waals surface area contributed by atoms with E-state index in [1.54, 1.807) is 0 Å². The molecule has 1 fully saturated rings. The number of aromatic nitrogens is 1. The minimum absolute atomic E-state index is 0.703. The van der Waals surface area contributed by atoms with Gasteiger partial charge < -0.3 is 9.32 Å². The van der Waals surface area contributed by atoms with Gasteiger partial charge in [-0.2, -0.15) is 0 Å². The summed E-state index contributed by atoms with van der Waals surface area (Å²) in [7, 11) is 0. The summed E-state index contributed by atoms with van der Waals surface area (Å²) in [4.78, 5) is 6.81. The molecule has 1 aromatic heterocycles. The second kappa shape index (κ2) is 4.45. The van der Waals surface area contributed by atoms with Crippen LogP contribution in [0.2, 0.25) is 0 Å². The Hall–Kier alpha value is -1.42. The number of rotatable bonds is 2. The summed E-state index contributed by atoms with van der Waals surface area (Å²) in [6.45, 7) is 4.33. The Kier molecular flexibility index (Phi) is 2.81. The highest BCUT2D eigenvalue weighted by atomic mass is 32.2. The van der Waals surface area contributed by atoms with Crippen LogP contribution in [-0.2, 0) is 0 Å². The van der Waals surface area contributed by atoms with Crippen LogP contribution in [0.15, 0.2) is 33.7 Å². The molecule has 2 aromatic rings. The molecular formula is C13H14N2OS. The molecule has 3 rings (SSSR count). The summed E-state index contributed by atoms with van der Waals surface area (Å²) in [5.41, 5.74) is 1.77. The number of fused-ring (bicyclic) bond motifs is 1. The molecule has 0 amide bonds. The van der Waals surface area contributed by atoms with Crippen molar-refractivity contribution in [1.82, 2.24) is 9.88 Å². The van der Waals surface area contributed by atoms with E-state index in [1.165, 1.54) is 5.03 Å². The Morgan fingerprint density at radius 1 is 1.47 bits per heavy atom. The van der Waals surface area contributed by atoms with Crippen molar-refractivity contribution in [2.75, 3.05) is 18.8 Å². The summed E-state index contributed by atoms with van der Waals surface area (Å²) in [6, 6.07) is 7.86. The first kappa shape index (κ1) is 10.7. The van der Waals surface area contributed by atoms with E-state index in [0.717, 1.165) is 29.9 Å². The molecular weight excluding hydrogens is 232 g/mol. The van der Waals surface area contributed by atoms with E-state index in [-0.39, 0.29) is 0 Å². The second-order valence-corrected chi connectivity index (χ2v) is 5.05. The minimum Gasteiger partial charge on any atom is -0.437 e. The molecule has 1 aliphatic rings. The van der Waals surface area contributed by atoms with Gasteiger partial charge in [0.2, 0.25) is 5.89 Å². The predicted octanol–water partition coefficient (Wildman–Crippen LogP) is 3.19. The van der Waals surface area contributed by atoms with E-state index in [9.17, 15) is 0 Å². The molecule has 3 nitrogen and oxygen atoms in total. The first-order valence-corrected chi connectivity index (χ1v) is 6.80. The van der Waals surface area contributed by atoms with Crippen molar-refractivity contribution in [2.45, 2.75) is 6.92 Å². The summed E-state index contributed by atoms with van der Waals surface area (Å²) in [5.74, 6) is 1.86. The largest absolute Gasteiger partial charge is 0.437 e. The van der Waals surface area contributed by atoms with Gasteiger partial charge in [-0.25, -0.2) is 4.98 Å². The normalized spacial score (nSPS) is 18.4. The molecule has 1 aromatic carbocycles. The molecule has 1 aliphatic heterocycles. The van der Waals surface area contributed by atoms with Gasteiger partial charge in [0.1, 0.15) is 5.52 Å². The Bertz CT molecular complexity index is 528. The van der Waals surface area contributed by atoms with Crippen LogP contribution in [0.5, 0.6) is 0 Å². The van der Waals surface area contributed by atoms with Gasteiger partial charge >= 0.3 is 0 Å². The Labute approximate surface area is 105 Å². The maximum absolute atomic E-state index is 5.70. The molecule has 0 radical (unpaired) electrons. The van der Waals surface area contributed by atoms with Crippen LogP contribution in [0.25, 0.3) is 17.2 Å². The minimum atomic E-state index is 0.703. The zero-order valence-corrected chi connectivity index (χ0v) is 10.5. The smallest absolute Gasteiger partial charge is 0.222 e. The summed E-state index contributed by atoms with van der Waals surface area (Å²) in [5, 5.41) is 1.26. The van der Waals surface area contributed by atoms with E-state index in [0.29, 0.717) is 5.89 Å². The van der Waals surface area contributed by atoms with Crippen LogP contribution in [0, 0.1) is 0 Å². The van der Waals surface area contributed by atoms with Crippen LogP contribution in [0.4, 0.5) is 0 Å². The quantitative estimate of drug-likeness (QED) is 0.813. The van der Waals surface area contributed by atoms with Crippen molar-refractivity contribution in [1.29, 1.82) is 0 Å². The van der Waals surface area contributed by atoms with Crippen LogP contribution < -0.4 is 0 Å². The van der Waals surface area contributed by atoms with Crippen molar-refractivity contribution >= 4 is 28.9 Å². The van der Waals surface area contributed by atoms with Gasteiger partial charge in [0, 0.05) is 24.9 Å². The van der Waals surface area contributed by atoms with Crippen LogP contribution in [0.3, 0.4) is 0 Å².